The molecule has 1 rings (SSSR count). The largest absolute Gasteiger partial charge is 0.320 e. The summed E-state index contributed by atoms with van der Waals surface area (Å²) in [7, 11) is 1.77. The number of aryl methyl sites for hydroxylation is 1. The second-order valence-corrected chi connectivity index (χ2v) is 5.11. The number of likely N-dealkylation sites (N-methyl/N-ethyl adjacent to an activating group) is 1. The molecule has 0 aliphatic rings. The van der Waals surface area contributed by atoms with Crippen LogP contribution in [0.1, 0.15) is 12.0 Å². The number of carbonyl (C=O) groups is 1. The van der Waals surface area contributed by atoms with Gasteiger partial charge >= 0.3 is 0 Å². The molecule has 1 aromatic rings. The van der Waals surface area contributed by atoms with E-state index in [-0.39, 0.29) is 18.3 Å². The van der Waals surface area contributed by atoms with E-state index in [1.54, 1.807) is 23.7 Å². The summed E-state index contributed by atoms with van der Waals surface area (Å²) in [4.78, 5) is 13.7. The Morgan fingerprint density at radius 3 is 2.44 bits per heavy atom. The van der Waals surface area contributed by atoms with Gasteiger partial charge in [-0.25, -0.2) is 0 Å². The van der Waals surface area contributed by atoms with Gasteiger partial charge in [0, 0.05) is 12.7 Å². The van der Waals surface area contributed by atoms with Gasteiger partial charge in [-0.3, -0.25) is 4.79 Å². The monoisotopic (exact) mass is 288 g/mol. The molecule has 1 atom stereocenters. The fourth-order valence-corrected chi connectivity index (χ4v) is 2.00. The van der Waals surface area contributed by atoms with E-state index in [0.717, 1.165) is 17.9 Å². The van der Waals surface area contributed by atoms with Crippen molar-refractivity contribution in [3.8, 4) is 0 Å². The molecule has 1 aromatic carbocycles. The van der Waals surface area contributed by atoms with Crippen LogP contribution in [0.15, 0.2) is 24.3 Å². The quantitative estimate of drug-likeness (QED) is 0.905. The number of rotatable bonds is 5. The van der Waals surface area contributed by atoms with E-state index in [1.807, 2.05) is 37.4 Å². The number of carbonyl (C=O) groups excluding carboxylic acids is 1. The summed E-state index contributed by atoms with van der Waals surface area (Å²) >= 11 is 1.71. The van der Waals surface area contributed by atoms with E-state index in [1.165, 1.54) is 5.56 Å². The molecule has 2 N–H and O–H groups in total. The number of anilines is 1. The summed E-state index contributed by atoms with van der Waals surface area (Å²) < 4.78 is 0. The summed E-state index contributed by atoms with van der Waals surface area (Å²) in [6, 6.07) is 7.45. The summed E-state index contributed by atoms with van der Waals surface area (Å²) in [5.41, 5.74) is 7.94. The first-order chi connectivity index (χ1) is 8.06. The fraction of sp³-hybridized carbons (Fsp3) is 0.462. The number of amides is 1. The molecule has 0 unspecified atom stereocenters. The van der Waals surface area contributed by atoms with Gasteiger partial charge in [0.05, 0.1) is 6.04 Å². The number of nitrogens with zero attached hydrogens (tertiary/aromatic N) is 1. The standard InChI is InChI=1S/C13H20N2OS.ClH/c1-10-4-6-11(7-5-10)15(2)13(16)12(14)8-9-17-3;/h4-7,12H,8-9,14H2,1-3H3;1H/t12-;/m0./s1. The second kappa shape index (κ2) is 8.40. The second-order valence-electron chi connectivity index (χ2n) is 4.12. The first-order valence-electron chi connectivity index (χ1n) is 5.65. The van der Waals surface area contributed by atoms with Crippen molar-refractivity contribution in [1.82, 2.24) is 0 Å². The number of benzene rings is 1. The first-order valence-corrected chi connectivity index (χ1v) is 7.04. The van der Waals surface area contributed by atoms with Crippen molar-refractivity contribution in [3.63, 3.8) is 0 Å². The number of nitrogens with two attached hydrogens (primary N) is 1. The topological polar surface area (TPSA) is 46.3 Å². The lowest BCUT2D eigenvalue weighted by molar-refractivity contribution is -0.119. The first kappa shape index (κ1) is 17.3. The van der Waals surface area contributed by atoms with Gasteiger partial charge in [-0.05, 0) is 37.5 Å². The summed E-state index contributed by atoms with van der Waals surface area (Å²) in [5, 5.41) is 0. The normalized spacial score (nSPS) is 11.6. The predicted octanol–water partition coefficient (Wildman–Crippen LogP) is 2.46. The number of hydrogen-bond acceptors (Lipinski definition) is 3. The zero-order chi connectivity index (χ0) is 12.8. The third kappa shape index (κ3) is 4.88. The van der Waals surface area contributed by atoms with E-state index in [4.69, 9.17) is 5.73 Å². The molecule has 0 aromatic heterocycles. The molecule has 0 heterocycles. The Hall–Kier alpha value is -0.710. The molecular weight excluding hydrogens is 268 g/mol. The molecule has 0 saturated heterocycles. The van der Waals surface area contributed by atoms with Gasteiger partial charge < -0.3 is 10.6 Å². The molecule has 0 spiro atoms. The van der Waals surface area contributed by atoms with Crippen LogP contribution in [0.4, 0.5) is 5.69 Å². The summed E-state index contributed by atoms with van der Waals surface area (Å²) in [5.74, 6) is 0.886. The van der Waals surface area contributed by atoms with Crippen LogP contribution >= 0.6 is 24.2 Å². The van der Waals surface area contributed by atoms with Crippen LogP contribution in [0.5, 0.6) is 0 Å². The Morgan fingerprint density at radius 2 is 1.94 bits per heavy atom. The van der Waals surface area contributed by atoms with Gasteiger partial charge in [0.15, 0.2) is 0 Å². The van der Waals surface area contributed by atoms with Crippen LogP contribution in [-0.4, -0.2) is 31.0 Å². The van der Waals surface area contributed by atoms with Gasteiger partial charge in [0.1, 0.15) is 0 Å². The molecule has 1 amide bonds. The van der Waals surface area contributed by atoms with Crippen molar-refractivity contribution in [2.24, 2.45) is 5.73 Å². The fourth-order valence-electron chi connectivity index (χ4n) is 1.51. The van der Waals surface area contributed by atoms with Crippen molar-refractivity contribution < 1.29 is 4.79 Å². The Bertz CT molecular complexity index is 370. The molecule has 18 heavy (non-hydrogen) atoms. The molecule has 0 fully saturated rings. The molecule has 0 radical (unpaired) electrons. The van der Waals surface area contributed by atoms with Gasteiger partial charge in [-0.2, -0.15) is 11.8 Å². The van der Waals surface area contributed by atoms with E-state index in [9.17, 15) is 4.79 Å². The van der Waals surface area contributed by atoms with Crippen LogP contribution in [-0.2, 0) is 4.79 Å². The lowest BCUT2D eigenvalue weighted by Gasteiger charge is -2.21. The summed E-state index contributed by atoms with van der Waals surface area (Å²) in [6.45, 7) is 2.02. The van der Waals surface area contributed by atoms with Gasteiger partial charge in [-0.15, -0.1) is 12.4 Å². The highest BCUT2D eigenvalue weighted by Crippen LogP contribution is 2.14. The van der Waals surface area contributed by atoms with Crippen molar-refractivity contribution in [1.29, 1.82) is 0 Å². The highest BCUT2D eigenvalue weighted by atomic mass is 35.5. The van der Waals surface area contributed by atoms with Crippen molar-refractivity contribution >= 4 is 35.8 Å². The zero-order valence-corrected chi connectivity index (χ0v) is 12.7. The van der Waals surface area contributed by atoms with Gasteiger partial charge in [-0.1, -0.05) is 17.7 Å². The third-order valence-corrected chi connectivity index (χ3v) is 3.35. The molecule has 0 saturated carbocycles. The SMILES string of the molecule is CSCC[C@H](N)C(=O)N(C)c1ccc(C)cc1.Cl. The Balaban J connectivity index is 0.00000289. The predicted molar refractivity (Wildman–Crippen MR) is 82.8 cm³/mol. The number of halogens is 1. The van der Waals surface area contributed by atoms with E-state index in [2.05, 4.69) is 0 Å². The smallest absolute Gasteiger partial charge is 0.243 e. The maximum atomic E-state index is 12.0. The molecule has 0 bridgehead atoms. The van der Waals surface area contributed by atoms with E-state index in [0.29, 0.717) is 0 Å². The van der Waals surface area contributed by atoms with Crippen LogP contribution in [0.25, 0.3) is 0 Å². The highest BCUT2D eigenvalue weighted by Gasteiger charge is 2.18. The van der Waals surface area contributed by atoms with Crippen LogP contribution in [0.3, 0.4) is 0 Å². The van der Waals surface area contributed by atoms with Crippen LogP contribution in [0, 0.1) is 6.92 Å². The van der Waals surface area contributed by atoms with E-state index >= 15 is 0 Å². The third-order valence-electron chi connectivity index (χ3n) is 2.70. The zero-order valence-electron chi connectivity index (χ0n) is 11.1. The Morgan fingerprint density at radius 1 is 1.39 bits per heavy atom. The van der Waals surface area contributed by atoms with Crippen molar-refractivity contribution in [3.05, 3.63) is 29.8 Å². The average Bonchev–Trinajstić information content (AvgIpc) is 2.35. The maximum absolute atomic E-state index is 12.0. The minimum Gasteiger partial charge on any atom is -0.320 e. The number of hydrogen-bond donors (Lipinski definition) is 1. The summed E-state index contributed by atoms with van der Waals surface area (Å²) in [6.07, 6.45) is 2.73. The van der Waals surface area contributed by atoms with Crippen LogP contribution < -0.4 is 10.6 Å². The maximum Gasteiger partial charge on any atom is 0.243 e. The Kier molecular flexibility index (Phi) is 8.07. The average molecular weight is 289 g/mol. The lowest BCUT2D eigenvalue weighted by Crippen LogP contribution is -2.42. The van der Waals surface area contributed by atoms with Gasteiger partial charge in [0.25, 0.3) is 0 Å². The van der Waals surface area contributed by atoms with E-state index < -0.39 is 6.04 Å². The number of thioether (sulfide) groups is 1. The Labute approximate surface area is 120 Å². The minimum atomic E-state index is -0.409. The molecule has 102 valence electrons. The van der Waals surface area contributed by atoms with Crippen molar-refractivity contribution in [2.45, 2.75) is 19.4 Å². The molecule has 5 heteroatoms. The van der Waals surface area contributed by atoms with Crippen LogP contribution in [0.2, 0.25) is 0 Å². The molecule has 0 aliphatic heterocycles. The lowest BCUT2D eigenvalue weighted by atomic mass is 10.2. The molecular formula is C13H21ClN2OS. The molecule has 0 aliphatic carbocycles. The van der Waals surface area contributed by atoms with Gasteiger partial charge in [0.2, 0.25) is 5.91 Å². The van der Waals surface area contributed by atoms with Crippen molar-refractivity contribution in [2.75, 3.05) is 24.0 Å². The molecule has 3 nitrogen and oxygen atoms in total. The highest BCUT2D eigenvalue weighted by molar-refractivity contribution is 7.98. The minimum absolute atomic E-state index is 0.